The lowest BCUT2D eigenvalue weighted by atomic mass is 9.84. The van der Waals surface area contributed by atoms with Crippen LogP contribution in [0.5, 0.6) is 0 Å². The molecule has 43 heavy (non-hydrogen) atoms. The molecule has 0 saturated carbocycles. The number of hydrogen-bond acceptors (Lipinski definition) is 1. The molecule has 0 fully saturated rings. The smallest absolute Gasteiger partial charge is 0.136 e. The third-order valence-electron chi connectivity index (χ3n) is 8.86. The first-order valence-electron chi connectivity index (χ1n) is 14.8. The molecule has 0 amide bonds. The predicted octanol–water partition coefficient (Wildman–Crippen LogP) is 12.0. The number of fused-ring (bicyclic) bond motifs is 6. The summed E-state index contributed by atoms with van der Waals surface area (Å²) in [6, 6.07) is 56.8. The summed E-state index contributed by atoms with van der Waals surface area (Å²) in [5.41, 5.74) is 9.24. The minimum absolute atomic E-state index is 0.915. The highest BCUT2D eigenvalue weighted by Gasteiger charge is 2.20. The van der Waals surface area contributed by atoms with Gasteiger partial charge in [0.15, 0.2) is 0 Å². The van der Waals surface area contributed by atoms with Crippen LogP contribution < -0.4 is 0 Å². The molecule has 0 aliphatic carbocycles. The summed E-state index contributed by atoms with van der Waals surface area (Å²) < 4.78 is 6.32. The van der Waals surface area contributed by atoms with Crippen molar-refractivity contribution in [2.75, 3.05) is 0 Å². The Morgan fingerprint density at radius 1 is 0.326 bits per heavy atom. The molecule has 200 valence electrons. The quantitative estimate of drug-likeness (QED) is 0.201. The molecule has 9 rings (SSSR count). The van der Waals surface area contributed by atoms with Crippen molar-refractivity contribution in [1.29, 1.82) is 0 Å². The zero-order chi connectivity index (χ0) is 28.3. The van der Waals surface area contributed by atoms with Crippen LogP contribution in [-0.2, 0) is 0 Å². The Labute approximate surface area is 249 Å². The SMILES string of the molecule is c1cc(-c2cccc3ccccc23)cc(-c2c3ccccc3c(-c3cccc4oc5ccccc5c34)c3ccccc23)c1. The third-order valence-corrected chi connectivity index (χ3v) is 8.86. The number of hydrogen-bond donors (Lipinski definition) is 0. The van der Waals surface area contributed by atoms with E-state index in [1.54, 1.807) is 0 Å². The Bertz CT molecular complexity index is 2450. The van der Waals surface area contributed by atoms with Crippen molar-refractivity contribution in [3.05, 3.63) is 158 Å². The maximum absolute atomic E-state index is 6.32. The first kappa shape index (κ1) is 24.0. The first-order valence-corrected chi connectivity index (χ1v) is 14.8. The van der Waals surface area contributed by atoms with Crippen LogP contribution in [0.4, 0.5) is 0 Å². The summed E-state index contributed by atoms with van der Waals surface area (Å²) >= 11 is 0. The van der Waals surface area contributed by atoms with Gasteiger partial charge in [-0.2, -0.15) is 0 Å². The molecular formula is C42H26O. The fraction of sp³-hybridized carbons (Fsp3) is 0. The van der Waals surface area contributed by atoms with Crippen molar-refractivity contribution < 1.29 is 4.42 Å². The van der Waals surface area contributed by atoms with Gasteiger partial charge >= 0.3 is 0 Å². The van der Waals surface area contributed by atoms with Crippen LogP contribution in [0.1, 0.15) is 0 Å². The lowest BCUT2D eigenvalue weighted by Gasteiger charge is -2.19. The Morgan fingerprint density at radius 2 is 0.837 bits per heavy atom. The zero-order valence-electron chi connectivity index (χ0n) is 23.4. The van der Waals surface area contributed by atoms with Gasteiger partial charge in [0.1, 0.15) is 11.2 Å². The van der Waals surface area contributed by atoms with Gasteiger partial charge < -0.3 is 4.42 Å². The van der Waals surface area contributed by atoms with Crippen LogP contribution in [0.3, 0.4) is 0 Å². The Kier molecular flexibility index (Phi) is 5.27. The molecule has 8 aromatic carbocycles. The molecule has 1 heterocycles. The molecule has 0 atom stereocenters. The fourth-order valence-electron chi connectivity index (χ4n) is 7.03. The van der Waals surface area contributed by atoms with Crippen LogP contribution in [-0.4, -0.2) is 0 Å². The van der Waals surface area contributed by atoms with Crippen LogP contribution in [0.2, 0.25) is 0 Å². The second-order valence-corrected chi connectivity index (χ2v) is 11.2. The Hall–Kier alpha value is -5.66. The largest absolute Gasteiger partial charge is 0.456 e. The highest BCUT2D eigenvalue weighted by atomic mass is 16.3. The summed E-state index contributed by atoms with van der Waals surface area (Å²) in [6.07, 6.45) is 0. The van der Waals surface area contributed by atoms with Gasteiger partial charge in [0.05, 0.1) is 0 Å². The fourth-order valence-corrected chi connectivity index (χ4v) is 7.03. The molecule has 0 bridgehead atoms. The summed E-state index contributed by atoms with van der Waals surface area (Å²) in [7, 11) is 0. The molecule has 0 N–H and O–H groups in total. The van der Waals surface area contributed by atoms with E-state index in [2.05, 4.69) is 152 Å². The van der Waals surface area contributed by atoms with Crippen molar-refractivity contribution in [1.82, 2.24) is 0 Å². The monoisotopic (exact) mass is 546 g/mol. The summed E-state index contributed by atoms with van der Waals surface area (Å²) in [4.78, 5) is 0. The molecule has 1 nitrogen and oxygen atoms in total. The zero-order valence-corrected chi connectivity index (χ0v) is 23.4. The van der Waals surface area contributed by atoms with Gasteiger partial charge in [-0.05, 0) is 83.9 Å². The van der Waals surface area contributed by atoms with E-state index >= 15 is 0 Å². The van der Waals surface area contributed by atoms with Gasteiger partial charge in [0, 0.05) is 10.8 Å². The van der Waals surface area contributed by atoms with E-state index in [4.69, 9.17) is 4.42 Å². The average molecular weight is 547 g/mol. The number of rotatable bonds is 3. The van der Waals surface area contributed by atoms with Crippen LogP contribution in [0.25, 0.3) is 87.6 Å². The molecule has 0 spiro atoms. The minimum Gasteiger partial charge on any atom is -0.456 e. The van der Waals surface area contributed by atoms with E-state index in [1.165, 1.54) is 71.1 Å². The maximum atomic E-state index is 6.32. The summed E-state index contributed by atoms with van der Waals surface area (Å²) in [5, 5.41) is 9.81. The van der Waals surface area contributed by atoms with E-state index in [9.17, 15) is 0 Å². The van der Waals surface area contributed by atoms with Crippen molar-refractivity contribution in [2.45, 2.75) is 0 Å². The van der Waals surface area contributed by atoms with E-state index in [0.717, 1.165) is 16.6 Å². The molecule has 0 radical (unpaired) electrons. The predicted molar refractivity (Wildman–Crippen MR) is 183 cm³/mol. The van der Waals surface area contributed by atoms with Gasteiger partial charge in [-0.15, -0.1) is 0 Å². The molecule has 1 aromatic heterocycles. The molecule has 1 heteroatoms. The van der Waals surface area contributed by atoms with E-state index in [0.29, 0.717) is 0 Å². The standard InChI is InChI=1S/C42H26O/c1-2-16-30-27(12-1)13-10-22-31(30)28-14-9-15-29(26-28)40-32-17-3-5-19-34(32)41(35-20-6-4-18-33(35)40)37-23-11-25-39-42(37)36-21-7-8-24-38(36)43-39/h1-26H. The van der Waals surface area contributed by atoms with Crippen LogP contribution >= 0.6 is 0 Å². The van der Waals surface area contributed by atoms with Gasteiger partial charge in [-0.3, -0.25) is 0 Å². The van der Waals surface area contributed by atoms with Crippen LogP contribution in [0.15, 0.2) is 162 Å². The number of benzene rings is 8. The number of furan rings is 1. The van der Waals surface area contributed by atoms with Crippen LogP contribution in [0, 0.1) is 0 Å². The highest BCUT2D eigenvalue weighted by Crippen LogP contribution is 2.47. The molecule has 0 saturated heterocycles. The molecule has 0 aliphatic heterocycles. The molecular weight excluding hydrogens is 520 g/mol. The minimum atomic E-state index is 0.915. The highest BCUT2D eigenvalue weighted by molar-refractivity contribution is 6.25. The second kappa shape index (κ2) is 9.44. The Morgan fingerprint density at radius 3 is 1.60 bits per heavy atom. The third kappa shape index (κ3) is 3.65. The van der Waals surface area contributed by atoms with E-state index < -0.39 is 0 Å². The van der Waals surface area contributed by atoms with E-state index in [1.807, 2.05) is 6.07 Å². The maximum Gasteiger partial charge on any atom is 0.136 e. The lowest BCUT2D eigenvalue weighted by Crippen LogP contribution is -1.91. The number of para-hydroxylation sites is 1. The van der Waals surface area contributed by atoms with Gasteiger partial charge in [-0.25, -0.2) is 0 Å². The topological polar surface area (TPSA) is 13.1 Å². The average Bonchev–Trinajstić information content (AvgIpc) is 3.46. The summed E-state index contributed by atoms with van der Waals surface area (Å²) in [6.45, 7) is 0. The van der Waals surface area contributed by atoms with Crippen molar-refractivity contribution in [3.63, 3.8) is 0 Å². The van der Waals surface area contributed by atoms with Gasteiger partial charge in [0.2, 0.25) is 0 Å². The van der Waals surface area contributed by atoms with Crippen molar-refractivity contribution >= 4 is 54.3 Å². The second-order valence-electron chi connectivity index (χ2n) is 11.2. The molecule has 0 aliphatic rings. The van der Waals surface area contributed by atoms with Gasteiger partial charge in [0.25, 0.3) is 0 Å². The first-order chi connectivity index (χ1) is 21.3. The van der Waals surface area contributed by atoms with E-state index in [-0.39, 0.29) is 0 Å². The normalized spacial score (nSPS) is 11.7. The lowest BCUT2D eigenvalue weighted by molar-refractivity contribution is 0.669. The molecule has 9 aromatic rings. The Balaban J connectivity index is 1.37. The molecule has 0 unspecified atom stereocenters. The van der Waals surface area contributed by atoms with Gasteiger partial charge in [-0.1, -0.05) is 140 Å². The van der Waals surface area contributed by atoms with Crippen molar-refractivity contribution in [3.8, 4) is 33.4 Å². The van der Waals surface area contributed by atoms with Crippen molar-refractivity contribution in [2.24, 2.45) is 0 Å². The summed E-state index contributed by atoms with van der Waals surface area (Å²) in [5.74, 6) is 0.